The summed E-state index contributed by atoms with van der Waals surface area (Å²) in [7, 11) is 1.67. The zero-order valence-corrected chi connectivity index (χ0v) is 17.3. The second-order valence-electron chi connectivity index (χ2n) is 9.36. The van der Waals surface area contributed by atoms with Gasteiger partial charge < -0.3 is 20.7 Å². The lowest BCUT2D eigenvalue weighted by molar-refractivity contribution is -0.121. The zero-order valence-electron chi connectivity index (χ0n) is 17.3. The first-order valence-corrected chi connectivity index (χ1v) is 10.9. The molecule has 4 fully saturated rings. The predicted octanol–water partition coefficient (Wildman–Crippen LogP) is 3.11. The SMILES string of the molecule is COCc1cccc(CNC(=O)CCNC(=O)NC23CC4CC(CC(C4)C2)C3)c1. The Balaban J connectivity index is 1.16. The molecule has 1 aromatic carbocycles. The number of urea groups is 1. The first-order chi connectivity index (χ1) is 14.0. The Morgan fingerprint density at radius 3 is 2.34 bits per heavy atom. The van der Waals surface area contributed by atoms with Gasteiger partial charge in [-0.1, -0.05) is 24.3 Å². The number of carbonyl (C=O) groups is 2. The largest absolute Gasteiger partial charge is 0.380 e. The first kappa shape index (κ1) is 20.2. The molecular weight excluding hydrogens is 366 g/mol. The predicted molar refractivity (Wildman–Crippen MR) is 111 cm³/mol. The Morgan fingerprint density at radius 2 is 1.69 bits per heavy atom. The Bertz CT molecular complexity index is 713. The molecule has 3 N–H and O–H groups in total. The third-order valence-electron chi connectivity index (χ3n) is 6.85. The molecule has 5 rings (SSSR count). The van der Waals surface area contributed by atoms with Gasteiger partial charge in [0.05, 0.1) is 6.61 Å². The summed E-state index contributed by atoms with van der Waals surface area (Å²) >= 11 is 0. The minimum absolute atomic E-state index is 0.00825. The van der Waals surface area contributed by atoms with Crippen molar-refractivity contribution >= 4 is 11.9 Å². The van der Waals surface area contributed by atoms with Crippen LogP contribution in [-0.4, -0.2) is 31.1 Å². The lowest BCUT2D eigenvalue weighted by atomic mass is 9.53. The highest BCUT2D eigenvalue weighted by Crippen LogP contribution is 2.55. The van der Waals surface area contributed by atoms with E-state index in [1.54, 1.807) is 7.11 Å². The highest BCUT2D eigenvalue weighted by atomic mass is 16.5. The highest BCUT2D eigenvalue weighted by Gasteiger charge is 2.51. The van der Waals surface area contributed by atoms with Gasteiger partial charge in [-0.2, -0.15) is 0 Å². The number of carbonyl (C=O) groups excluding carboxylic acids is 2. The van der Waals surface area contributed by atoms with E-state index in [1.807, 2.05) is 24.3 Å². The van der Waals surface area contributed by atoms with Crippen molar-refractivity contribution in [3.63, 3.8) is 0 Å². The Morgan fingerprint density at radius 1 is 1.03 bits per heavy atom. The van der Waals surface area contributed by atoms with Crippen molar-refractivity contribution < 1.29 is 14.3 Å². The van der Waals surface area contributed by atoms with Crippen molar-refractivity contribution in [2.75, 3.05) is 13.7 Å². The van der Waals surface area contributed by atoms with E-state index in [4.69, 9.17) is 4.74 Å². The summed E-state index contributed by atoms with van der Waals surface area (Å²) in [6.07, 6.45) is 7.76. The van der Waals surface area contributed by atoms with E-state index in [0.717, 1.165) is 48.1 Å². The van der Waals surface area contributed by atoms with Gasteiger partial charge >= 0.3 is 6.03 Å². The second kappa shape index (κ2) is 8.74. The third-order valence-corrected chi connectivity index (χ3v) is 6.85. The molecular formula is C23H33N3O3. The molecule has 0 saturated heterocycles. The van der Waals surface area contributed by atoms with Crippen LogP contribution in [0.5, 0.6) is 0 Å². The van der Waals surface area contributed by atoms with Crippen molar-refractivity contribution in [1.29, 1.82) is 0 Å². The van der Waals surface area contributed by atoms with Crippen LogP contribution in [0.25, 0.3) is 0 Å². The fourth-order valence-corrected chi connectivity index (χ4v) is 6.12. The minimum Gasteiger partial charge on any atom is -0.380 e. The molecule has 6 heteroatoms. The van der Waals surface area contributed by atoms with Crippen LogP contribution >= 0.6 is 0 Å². The molecule has 3 amide bonds. The Hall–Kier alpha value is -2.08. The maximum atomic E-state index is 12.4. The van der Waals surface area contributed by atoms with Crippen LogP contribution < -0.4 is 16.0 Å². The lowest BCUT2D eigenvalue weighted by Crippen LogP contribution is -2.61. The van der Waals surface area contributed by atoms with E-state index < -0.39 is 0 Å². The van der Waals surface area contributed by atoms with Gasteiger partial charge in [0.2, 0.25) is 5.91 Å². The number of amides is 3. The van der Waals surface area contributed by atoms with Gasteiger partial charge in [0.25, 0.3) is 0 Å². The topological polar surface area (TPSA) is 79.5 Å². The Kier molecular flexibility index (Phi) is 6.09. The summed E-state index contributed by atoms with van der Waals surface area (Å²) in [5.74, 6) is 2.34. The fourth-order valence-electron chi connectivity index (χ4n) is 6.12. The molecule has 158 valence electrons. The number of hydrogen-bond acceptors (Lipinski definition) is 3. The third kappa shape index (κ3) is 5.10. The van der Waals surface area contributed by atoms with E-state index in [2.05, 4.69) is 16.0 Å². The standard InChI is InChI=1S/C23H33N3O3/c1-29-15-17-4-2-3-16(7-17)14-25-21(27)5-6-24-22(28)26-23-11-18-8-19(12-23)10-20(9-18)13-23/h2-4,7,18-20H,5-6,8-15H2,1H3,(H,25,27)(H2,24,26,28). The number of methoxy groups -OCH3 is 1. The molecule has 6 nitrogen and oxygen atoms in total. The number of nitrogens with one attached hydrogen (secondary N) is 3. The summed E-state index contributed by atoms with van der Waals surface area (Å²) in [4.78, 5) is 24.5. The van der Waals surface area contributed by atoms with Gasteiger partial charge in [-0.3, -0.25) is 4.79 Å². The van der Waals surface area contributed by atoms with Gasteiger partial charge in [-0.15, -0.1) is 0 Å². The molecule has 0 atom stereocenters. The molecule has 29 heavy (non-hydrogen) atoms. The molecule has 0 unspecified atom stereocenters. The molecule has 0 radical (unpaired) electrons. The van der Waals surface area contributed by atoms with E-state index in [0.29, 0.717) is 19.7 Å². The van der Waals surface area contributed by atoms with E-state index in [9.17, 15) is 9.59 Å². The molecule has 1 aromatic rings. The summed E-state index contributed by atoms with van der Waals surface area (Å²) < 4.78 is 5.14. The highest BCUT2D eigenvalue weighted by molar-refractivity contribution is 5.78. The van der Waals surface area contributed by atoms with Crippen LogP contribution in [0.1, 0.15) is 56.1 Å². The van der Waals surface area contributed by atoms with Crippen molar-refractivity contribution in [3.8, 4) is 0 Å². The number of ether oxygens (including phenoxy) is 1. The average Bonchev–Trinajstić information content (AvgIpc) is 2.65. The van der Waals surface area contributed by atoms with Gasteiger partial charge in [-0.05, 0) is 67.4 Å². The molecule has 4 aliphatic rings. The van der Waals surface area contributed by atoms with Crippen molar-refractivity contribution in [2.45, 2.75) is 63.6 Å². The summed E-state index contributed by atoms with van der Waals surface area (Å²) in [6.45, 7) is 1.40. The summed E-state index contributed by atoms with van der Waals surface area (Å²) in [5.41, 5.74) is 2.14. The quantitative estimate of drug-likeness (QED) is 0.628. The molecule has 4 bridgehead atoms. The molecule has 0 spiro atoms. The molecule has 0 aliphatic heterocycles. The van der Waals surface area contributed by atoms with E-state index >= 15 is 0 Å². The molecule has 0 heterocycles. The van der Waals surface area contributed by atoms with E-state index in [1.165, 1.54) is 19.3 Å². The number of benzene rings is 1. The van der Waals surface area contributed by atoms with Crippen molar-refractivity contribution in [2.24, 2.45) is 17.8 Å². The van der Waals surface area contributed by atoms with Crippen LogP contribution in [-0.2, 0) is 22.7 Å². The van der Waals surface area contributed by atoms with Crippen molar-refractivity contribution in [1.82, 2.24) is 16.0 Å². The summed E-state index contributed by atoms with van der Waals surface area (Å²) in [6, 6.07) is 7.86. The van der Waals surface area contributed by atoms with Crippen LogP contribution in [0.15, 0.2) is 24.3 Å². The zero-order chi connectivity index (χ0) is 20.3. The summed E-state index contributed by atoms with van der Waals surface area (Å²) in [5, 5.41) is 9.08. The maximum absolute atomic E-state index is 12.4. The van der Waals surface area contributed by atoms with Crippen LogP contribution in [0.3, 0.4) is 0 Å². The van der Waals surface area contributed by atoms with Gasteiger partial charge in [0, 0.05) is 32.2 Å². The van der Waals surface area contributed by atoms with Gasteiger partial charge in [0.15, 0.2) is 0 Å². The van der Waals surface area contributed by atoms with Crippen LogP contribution in [0.2, 0.25) is 0 Å². The lowest BCUT2D eigenvalue weighted by Gasteiger charge is -2.56. The first-order valence-electron chi connectivity index (χ1n) is 10.9. The second-order valence-corrected chi connectivity index (χ2v) is 9.36. The van der Waals surface area contributed by atoms with E-state index in [-0.39, 0.29) is 23.9 Å². The molecule has 4 aliphatic carbocycles. The molecule has 4 saturated carbocycles. The van der Waals surface area contributed by atoms with Gasteiger partial charge in [0.1, 0.15) is 0 Å². The smallest absolute Gasteiger partial charge is 0.315 e. The fraction of sp³-hybridized carbons (Fsp3) is 0.652. The minimum atomic E-state index is -0.119. The number of hydrogen-bond donors (Lipinski definition) is 3. The molecule has 0 aromatic heterocycles. The number of rotatable bonds is 8. The average molecular weight is 400 g/mol. The van der Waals surface area contributed by atoms with Gasteiger partial charge in [-0.25, -0.2) is 4.79 Å². The maximum Gasteiger partial charge on any atom is 0.315 e. The van der Waals surface area contributed by atoms with Crippen LogP contribution in [0, 0.1) is 17.8 Å². The monoisotopic (exact) mass is 399 g/mol. The van der Waals surface area contributed by atoms with Crippen LogP contribution in [0.4, 0.5) is 4.79 Å². The normalized spacial score (nSPS) is 29.5. The Labute approximate surface area is 173 Å². The van der Waals surface area contributed by atoms with Crippen molar-refractivity contribution in [3.05, 3.63) is 35.4 Å².